The molecule has 6 heteroatoms. The Morgan fingerprint density at radius 2 is 2.16 bits per heavy atom. The monoisotopic (exact) mass is 337 g/mol. The highest BCUT2D eigenvalue weighted by Gasteiger charge is 2.27. The van der Waals surface area contributed by atoms with Crippen molar-refractivity contribution in [2.24, 2.45) is 0 Å². The molecular formula is C19H19N3O3. The summed E-state index contributed by atoms with van der Waals surface area (Å²) >= 11 is 0. The highest BCUT2D eigenvalue weighted by molar-refractivity contribution is 5.98. The number of hydrogen-bond acceptors (Lipinski definition) is 5. The van der Waals surface area contributed by atoms with Crippen LogP contribution in [0.15, 0.2) is 51.5 Å². The van der Waals surface area contributed by atoms with Crippen LogP contribution in [0.3, 0.4) is 0 Å². The Morgan fingerprint density at radius 3 is 2.96 bits per heavy atom. The van der Waals surface area contributed by atoms with E-state index in [1.165, 1.54) is 0 Å². The van der Waals surface area contributed by atoms with Gasteiger partial charge in [-0.15, -0.1) is 0 Å². The zero-order valence-corrected chi connectivity index (χ0v) is 14.2. The molecule has 1 aliphatic heterocycles. The SMILES string of the molecule is Cc1oc(-c2ccco2)nc1CC(=O)N1CC(C)Nc2ccccc21. The number of carbonyl (C=O) groups is 1. The van der Waals surface area contributed by atoms with E-state index in [-0.39, 0.29) is 18.4 Å². The van der Waals surface area contributed by atoms with Gasteiger partial charge in [0, 0.05) is 12.6 Å². The van der Waals surface area contributed by atoms with Crippen LogP contribution < -0.4 is 10.2 Å². The van der Waals surface area contributed by atoms with Gasteiger partial charge in [-0.3, -0.25) is 4.79 Å². The Bertz CT molecular complexity index is 899. The summed E-state index contributed by atoms with van der Waals surface area (Å²) in [7, 11) is 0. The summed E-state index contributed by atoms with van der Waals surface area (Å²) in [6, 6.07) is 11.6. The maximum Gasteiger partial charge on any atom is 0.263 e. The Morgan fingerprint density at radius 1 is 1.32 bits per heavy atom. The molecule has 0 saturated heterocycles. The minimum absolute atomic E-state index is 0.00296. The molecule has 1 unspecified atom stereocenters. The maximum atomic E-state index is 12.9. The van der Waals surface area contributed by atoms with Crippen LogP contribution in [0.4, 0.5) is 11.4 Å². The molecule has 3 aromatic rings. The van der Waals surface area contributed by atoms with Gasteiger partial charge in [0.15, 0.2) is 5.76 Å². The summed E-state index contributed by atoms with van der Waals surface area (Å²) in [5.41, 5.74) is 2.51. The molecule has 0 bridgehead atoms. The fourth-order valence-electron chi connectivity index (χ4n) is 3.09. The molecule has 3 heterocycles. The average Bonchev–Trinajstić information content (AvgIpc) is 3.24. The predicted octanol–water partition coefficient (Wildman–Crippen LogP) is 3.63. The fourth-order valence-corrected chi connectivity index (χ4v) is 3.09. The molecule has 1 amide bonds. The van der Waals surface area contributed by atoms with Crippen molar-refractivity contribution in [3.8, 4) is 11.7 Å². The van der Waals surface area contributed by atoms with Crippen molar-refractivity contribution in [3.05, 3.63) is 54.1 Å². The number of furan rings is 1. The third kappa shape index (κ3) is 2.91. The lowest BCUT2D eigenvalue weighted by molar-refractivity contribution is -0.118. The molecule has 25 heavy (non-hydrogen) atoms. The topological polar surface area (TPSA) is 71.5 Å². The maximum absolute atomic E-state index is 12.9. The van der Waals surface area contributed by atoms with Gasteiger partial charge in [0.2, 0.25) is 5.91 Å². The van der Waals surface area contributed by atoms with Crippen molar-refractivity contribution >= 4 is 17.3 Å². The fraction of sp³-hybridized carbons (Fsp3) is 0.263. The van der Waals surface area contributed by atoms with Gasteiger partial charge >= 0.3 is 0 Å². The van der Waals surface area contributed by atoms with Crippen molar-refractivity contribution in [1.29, 1.82) is 0 Å². The number of para-hydroxylation sites is 2. The first-order valence-electron chi connectivity index (χ1n) is 8.28. The van der Waals surface area contributed by atoms with Crippen molar-refractivity contribution in [2.75, 3.05) is 16.8 Å². The largest absolute Gasteiger partial charge is 0.459 e. The number of amides is 1. The second kappa shape index (κ2) is 6.12. The van der Waals surface area contributed by atoms with Gasteiger partial charge in [0.25, 0.3) is 5.89 Å². The number of benzene rings is 1. The number of nitrogens with zero attached hydrogens (tertiary/aromatic N) is 2. The Kier molecular flexibility index (Phi) is 3.80. The second-order valence-electron chi connectivity index (χ2n) is 6.24. The van der Waals surface area contributed by atoms with Crippen LogP contribution in [0.1, 0.15) is 18.4 Å². The Labute approximate surface area is 145 Å². The number of aromatic nitrogens is 1. The molecule has 128 valence electrons. The molecule has 1 N–H and O–H groups in total. The van der Waals surface area contributed by atoms with E-state index in [1.807, 2.05) is 36.1 Å². The van der Waals surface area contributed by atoms with E-state index in [2.05, 4.69) is 17.2 Å². The highest BCUT2D eigenvalue weighted by atomic mass is 16.4. The summed E-state index contributed by atoms with van der Waals surface area (Å²) in [5, 5.41) is 3.40. The molecule has 1 aliphatic rings. The Balaban J connectivity index is 1.59. The van der Waals surface area contributed by atoms with Gasteiger partial charge in [0.05, 0.1) is 29.8 Å². The molecule has 1 atom stereocenters. The van der Waals surface area contributed by atoms with Crippen LogP contribution in [0.25, 0.3) is 11.7 Å². The van der Waals surface area contributed by atoms with E-state index in [4.69, 9.17) is 8.83 Å². The van der Waals surface area contributed by atoms with Crippen molar-refractivity contribution in [3.63, 3.8) is 0 Å². The van der Waals surface area contributed by atoms with E-state index in [0.29, 0.717) is 29.6 Å². The standard InChI is InChI=1S/C19H19N3O3/c1-12-11-22(16-7-4-3-6-14(16)20-12)18(23)10-15-13(2)25-19(21-15)17-8-5-9-24-17/h3-9,12,20H,10-11H2,1-2H3. The lowest BCUT2D eigenvalue weighted by atomic mass is 10.1. The van der Waals surface area contributed by atoms with Gasteiger partial charge in [0.1, 0.15) is 5.76 Å². The van der Waals surface area contributed by atoms with Crippen LogP contribution >= 0.6 is 0 Å². The van der Waals surface area contributed by atoms with E-state index in [9.17, 15) is 4.79 Å². The predicted molar refractivity (Wildman–Crippen MR) is 94.5 cm³/mol. The molecule has 0 radical (unpaired) electrons. The summed E-state index contributed by atoms with van der Waals surface area (Å²) < 4.78 is 11.0. The first kappa shape index (κ1) is 15.5. The number of oxazole rings is 1. The van der Waals surface area contributed by atoms with Crippen molar-refractivity contribution < 1.29 is 13.6 Å². The number of nitrogens with one attached hydrogen (secondary N) is 1. The molecule has 0 aliphatic carbocycles. The number of anilines is 2. The molecule has 1 aromatic carbocycles. The van der Waals surface area contributed by atoms with Gasteiger partial charge in [-0.2, -0.15) is 0 Å². The summed E-state index contributed by atoms with van der Waals surface area (Å²) in [4.78, 5) is 19.2. The number of rotatable bonds is 3. The zero-order valence-electron chi connectivity index (χ0n) is 14.2. The van der Waals surface area contributed by atoms with E-state index >= 15 is 0 Å². The van der Waals surface area contributed by atoms with Crippen LogP contribution in [0.5, 0.6) is 0 Å². The van der Waals surface area contributed by atoms with Crippen LogP contribution in [0.2, 0.25) is 0 Å². The summed E-state index contributed by atoms with van der Waals surface area (Å²) in [5.74, 6) is 1.60. The van der Waals surface area contributed by atoms with Gasteiger partial charge in [-0.25, -0.2) is 4.98 Å². The van der Waals surface area contributed by atoms with Crippen LogP contribution in [0, 0.1) is 6.92 Å². The highest BCUT2D eigenvalue weighted by Crippen LogP contribution is 2.31. The summed E-state index contributed by atoms with van der Waals surface area (Å²) in [6.45, 7) is 4.50. The number of aryl methyl sites for hydroxylation is 1. The van der Waals surface area contributed by atoms with Crippen LogP contribution in [-0.2, 0) is 11.2 Å². The average molecular weight is 337 g/mol. The van der Waals surface area contributed by atoms with Gasteiger partial charge < -0.3 is 19.1 Å². The van der Waals surface area contributed by atoms with E-state index in [0.717, 1.165) is 11.4 Å². The minimum Gasteiger partial charge on any atom is -0.459 e. The lowest BCUT2D eigenvalue weighted by Crippen LogP contribution is -2.44. The summed E-state index contributed by atoms with van der Waals surface area (Å²) in [6.07, 6.45) is 1.76. The van der Waals surface area contributed by atoms with Crippen molar-refractivity contribution in [1.82, 2.24) is 4.98 Å². The van der Waals surface area contributed by atoms with Crippen molar-refractivity contribution in [2.45, 2.75) is 26.3 Å². The third-order valence-corrected chi connectivity index (χ3v) is 4.30. The molecule has 0 fully saturated rings. The molecule has 6 nitrogen and oxygen atoms in total. The van der Waals surface area contributed by atoms with Gasteiger partial charge in [-0.05, 0) is 38.1 Å². The smallest absolute Gasteiger partial charge is 0.263 e. The second-order valence-corrected chi connectivity index (χ2v) is 6.24. The molecule has 0 spiro atoms. The Hall–Kier alpha value is -3.02. The van der Waals surface area contributed by atoms with E-state index < -0.39 is 0 Å². The zero-order chi connectivity index (χ0) is 17.4. The first-order chi connectivity index (χ1) is 12.1. The molecule has 4 rings (SSSR count). The number of fused-ring (bicyclic) bond motifs is 1. The van der Waals surface area contributed by atoms with E-state index in [1.54, 1.807) is 18.4 Å². The number of carbonyl (C=O) groups excluding carboxylic acids is 1. The molecular weight excluding hydrogens is 318 g/mol. The minimum atomic E-state index is 0.00296. The molecule has 0 saturated carbocycles. The third-order valence-electron chi connectivity index (χ3n) is 4.30. The van der Waals surface area contributed by atoms with Gasteiger partial charge in [-0.1, -0.05) is 12.1 Å². The number of hydrogen-bond donors (Lipinski definition) is 1. The lowest BCUT2D eigenvalue weighted by Gasteiger charge is -2.34. The first-order valence-corrected chi connectivity index (χ1v) is 8.28. The molecule has 2 aromatic heterocycles. The van der Waals surface area contributed by atoms with Crippen LogP contribution in [-0.4, -0.2) is 23.5 Å². The normalized spacial score (nSPS) is 16.4. The quantitative estimate of drug-likeness (QED) is 0.790.